The topological polar surface area (TPSA) is 229 Å². The van der Waals surface area contributed by atoms with Gasteiger partial charge in [0, 0.05) is 27.4 Å². The molecule has 49 heavy (non-hydrogen) atoms. The highest BCUT2D eigenvalue weighted by molar-refractivity contribution is 6.73. The van der Waals surface area contributed by atoms with Gasteiger partial charge in [-0.3, -0.25) is 0 Å². The van der Waals surface area contributed by atoms with Gasteiger partial charge in [0.25, 0.3) is 190 Å². The Morgan fingerprint density at radius 2 is 0.531 bits per heavy atom. The van der Waals surface area contributed by atoms with E-state index in [2.05, 4.69) is 0 Å². The lowest BCUT2D eigenvalue weighted by Gasteiger charge is -2.30. The third-order valence-electron chi connectivity index (χ3n) is 4.54. The molecule has 0 rings (SSSR count). The molecule has 0 saturated heterocycles. The zero-order chi connectivity index (χ0) is 35.6. The molecule has 0 bridgehead atoms. The van der Waals surface area contributed by atoms with Gasteiger partial charge in [-0.15, -0.1) is 0 Å². The van der Waals surface area contributed by atoms with Crippen LogP contribution in [0, 0.1) is 0 Å². The van der Waals surface area contributed by atoms with Crippen LogP contribution in [0.4, 0.5) is 0 Å². The van der Waals surface area contributed by atoms with E-state index >= 15 is 0 Å². The molecule has 0 radical (unpaired) electrons. The SMILES string of the molecule is CO[SiH2]O[SiH2]O[SiH2]O[SiH2]O[SiH2]O[SiH2]O[SiH2]O[Si](CCCN)(O[SiH2]O[SiH2]O[SiH2]O[SiH2]O[SiH2]O[SiH2]OC)O[SiH2]O[SiH2]O[SiH2]O[SiH2]O[SiH2]O[SiH2]OC. The van der Waals surface area contributed by atoms with Crippen molar-refractivity contribution in [1.29, 1.82) is 0 Å². The Morgan fingerprint density at radius 1 is 0.327 bits per heavy atom. The molecule has 0 aromatic heterocycles. The maximum absolute atomic E-state index is 6.25. The highest BCUT2D eigenvalue weighted by Gasteiger charge is 2.40. The molecule has 0 unspecified atom stereocenters. The first kappa shape index (κ1) is 52.4. The van der Waals surface area contributed by atoms with Crippen molar-refractivity contribution in [3.8, 4) is 0 Å². The molecule has 0 spiro atoms. The lowest BCUT2D eigenvalue weighted by Crippen LogP contribution is -2.50. The molecule has 0 aliphatic carbocycles. The molecule has 0 heterocycles. The summed E-state index contributed by atoms with van der Waals surface area (Å²) >= 11 is 0. The fraction of sp³-hybridized carbons (Fsp3) is 1.00. The minimum Gasteiger partial charge on any atom is -0.425 e. The Morgan fingerprint density at radius 3 is 0.735 bits per heavy atom. The van der Waals surface area contributed by atoms with Crippen LogP contribution in [0.15, 0.2) is 0 Å². The fourth-order valence-electron chi connectivity index (χ4n) is 2.61. The summed E-state index contributed by atoms with van der Waals surface area (Å²) in [5, 5.41) is 0. The first-order valence-corrected chi connectivity index (χ1v) is 38.4. The van der Waals surface area contributed by atoms with Crippen molar-refractivity contribution in [1.82, 2.24) is 0 Å². The van der Waals surface area contributed by atoms with Crippen LogP contribution < -0.4 is 5.73 Å². The average molecular weight is 1060 g/mol. The summed E-state index contributed by atoms with van der Waals surface area (Å²) < 4.78 is 122. The van der Waals surface area contributed by atoms with Gasteiger partial charge in [-0.25, -0.2) is 0 Å². The maximum Gasteiger partial charge on any atom is 0.473 e. The Kier molecular flexibility index (Phi) is 49.0. The predicted octanol–water partition coefficient (Wildman–Crippen LogP) is -18.5. The van der Waals surface area contributed by atoms with E-state index < -0.39 is 199 Å². The number of hydrogen-bond donors (Lipinski definition) is 1. The highest BCUT2D eigenvalue weighted by atomic mass is 28.5. The molecule has 0 saturated carbocycles. The van der Waals surface area contributed by atoms with Gasteiger partial charge in [0.2, 0.25) is 0 Å². The van der Waals surface area contributed by atoms with E-state index in [1.165, 1.54) is 0 Å². The van der Waals surface area contributed by atoms with Crippen molar-refractivity contribution in [3.63, 3.8) is 0 Å². The molecule has 0 atom stereocenters. The van der Waals surface area contributed by atoms with Crippen molar-refractivity contribution in [2.24, 2.45) is 5.73 Å². The van der Waals surface area contributed by atoms with E-state index in [1.54, 1.807) is 21.3 Å². The first-order chi connectivity index (χ1) is 24.2. The van der Waals surface area contributed by atoms with E-state index in [-0.39, 0.29) is 0 Å². The van der Waals surface area contributed by atoms with Gasteiger partial charge in [-0.2, -0.15) is 0 Å². The molecule has 0 amide bonds. The van der Waals surface area contributed by atoms with E-state index in [1.807, 2.05) is 0 Å². The minimum atomic E-state index is -3.14. The Bertz CT molecular complexity index is 609. The zero-order valence-electron chi connectivity index (χ0n) is 28.6. The van der Waals surface area contributed by atoms with Crippen molar-refractivity contribution < 1.29 is 91.5 Å². The van der Waals surface area contributed by atoms with Gasteiger partial charge in [0.15, 0.2) is 0 Å². The van der Waals surface area contributed by atoms with Crippen molar-refractivity contribution in [2.75, 3.05) is 27.9 Å². The van der Waals surface area contributed by atoms with Crippen LogP contribution in [0.25, 0.3) is 0 Å². The lowest BCUT2D eigenvalue weighted by atomic mass is 10.5. The lowest BCUT2D eigenvalue weighted by molar-refractivity contribution is 0.229. The second kappa shape index (κ2) is 45.8. The van der Waals surface area contributed by atoms with Crippen LogP contribution in [0.1, 0.15) is 6.42 Å². The van der Waals surface area contributed by atoms with Crippen LogP contribution in [0.2, 0.25) is 6.04 Å². The predicted molar refractivity (Wildman–Crippen MR) is 228 cm³/mol. The first-order valence-electron chi connectivity index (χ1n) is 14.6. The summed E-state index contributed by atoms with van der Waals surface area (Å²) in [7, 11) is -19.6. The number of hydrogen-bond acceptors (Lipinski definition) is 23. The molecule has 0 aromatic carbocycles. The van der Waals surface area contributed by atoms with Crippen LogP contribution in [-0.4, -0.2) is 227 Å². The third kappa shape index (κ3) is 40.9. The quantitative estimate of drug-likeness (QED) is 0.0442. The average Bonchev–Trinajstić information content (AvgIpc) is 3.11. The summed E-state index contributed by atoms with van der Waals surface area (Å²) in [6.07, 6.45) is 0.664. The van der Waals surface area contributed by atoms with Crippen LogP contribution in [0.5, 0.6) is 0 Å². The van der Waals surface area contributed by atoms with E-state index in [9.17, 15) is 0 Å². The van der Waals surface area contributed by atoms with Crippen molar-refractivity contribution >= 4 is 199 Å². The third-order valence-corrected chi connectivity index (χ3v) is 34.2. The molecule has 0 fully saturated rings. The minimum absolute atomic E-state index is 0.464. The van der Waals surface area contributed by atoms with Gasteiger partial charge in [-0.1, -0.05) is 0 Å². The molecule has 0 aliphatic heterocycles. The molecular weight excluding hydrogens is 1000 g/mol. The molecule has 2 N–H and O–H groups in total. The molecule has 296 valence electrons. The molecule has 0 aliphatic rings. The number of rotatable bonds is 44. The second-order valence-electron chi connectivity index (χ2n) is 8.38. The largest absolute Gasteiger partial charge is 0.473 e. The van der Waals surface area contributed by atoms with E-state index in [4.69, 9.17) is 97.2 Å². The summed E-state index contributed by atoms with van der Waals surface area (Å²) in [5.74, 6) is 0. The van der Waals surface area contributed by atoms with Gasteiger partial charge < -0.3 is 97.2 Å². The smallest absolute Gasteiger partial charge is 0.425 e. The second-order valence-corrected chi connectivity index (χ2v) is 46.0. The molecule has 23 nitrogen and oxygen atoms in total. The Balaban J connectivity index is 4.43. The van der Waals surface area contributed by atoms with Crippen LogP contribution in [0.3, 0.4) is 0 Å². The number of nitrogens with two attached hydrogens (primary N) is 1. The Hall–Kier alpha value is 3.42. The molecular formula is C6H55NO22Si20. The van der Waals surface area contributed by atoms with E-state index in [0.29, 0.717) is 19.0 Å². The van der Waals surface area contributed by atoms with Gasteiger partial charge in [0.1, 0.15) is 0 Å². The fourth-order valence-corrected chi connectivity index (χ4v) is 39.9. The Labute approximate surface area is 334 Å². The van der Waals surface area contributed by atoms with Crippen molar-refractivity contribution in [2.45, 2.75) is 12.5 Å². The van der Waals surface area contributed by atoms with Gasteiger partial charge in [-0.05, 0) is 13.0 Å². The summed E-state index contributed by atoms with van der Waals surface area (Å²) in [5.41, 5.74) is 5.83. The van der Waals surface area contributed by atoms with Gasteiger partial charge in [0.05, 0.1) is 0 Å². The van der Waals surface area contributed by atoms with Crippen LogP contribution in [-0.2, 0) is 91.5 Å². The standard InChI is InChI=1S/C6H55NO22Si20/c1-8-30-11-33-14-36-17-39-20-42-23-45-26-48-29-49(6-4-5-7,27-46-24-43-21-40-18-37-15-34-12-31-9-2)28-47-25-44-22-41-19-38-16-35-13-32-10-3/h4-7,30-48H2,1-3H3. The van der Waals surface area contributed by atoms with Crippen LogP contribution >= 0.6 is 0 Å². The summed E-state index contributed by atoms with van der Waals surface area (Å²) in [6, 6.07) is 0.533. The maximum atomic E-state index is 6.25. The van der Waals surface area contributed by atoms with E-state index in [0.717, 1.165) is 0 Å². The molecule has 0 aromatic rings. The van der Waals surface area contributed by atoms with Crippen molar-refractivity contribution in [3.05, 3.63) is 0 Å². The summed E-state index contributed by atoms with van der Waals surface area (Å²) in [6.45, 7) is 0.464. The normalized spacial score (nSPS) is 17.6. The molecule has 43 heteroatoms. The highest BCUT2D eigenvalue weighted by Crippen LogP contribution is 2.16. The zero-order valence-corrected chi connectivity index (χ0v) is 56.5. The van der Waals surface area contributed by atoms with Gasteiger partial charge >= 0.3 is 8.80 Å². The summed E-state index contributed by atoms with van der Waals surface area (Å²) in [4.78, 5) is 0. The monoisotopic (exact) mass is 1050 g/mol.